The summed E-state index contributed by atoms with van der Waals surface area (Å²) in [6.07, 6.45) is 28.1. The fraction of sp³-hybridized carbons (Fsp3) is 0.520. The quantitative estimate of drug-likeness (QED) is 0.149. The molecular weight excluding hydrogens is 691 g/mol. The third kappa shape index (κ3) is 8.67. The van der Waals surface area contributed by atoms with Crippen LogP contribution in [0.2, 0.25) is 0 Å². The van der Waals surface area contributed by atoms with E-state index in [4.69, 9.17) is 0 Å². The van der Waals surface area contributed by atoms with E-state index in [9.17, 15) is 0 Å². The molecule has 8 rings (SSSR count). The summed E-state index contributed by atoms with van der Waals surface area (Å²) in [6.45, 7) is 4.81. The maximum Gasteiger partial charge on any atom is 0.0535 e. The van der Waals surface area contributed by atoms with Gasteiger partial charge in [-0.05, 0) is 126 Å². The van der Waals surface area contributed by atoms with E-state index in [2.05, 4.69) is 109 Å². The van der Waals surface area contributed by atoms with Gasteiger partial charge in [0, 0.05) is 22.3 Å². The third-order valence-electron chi connectivity index (χ3n) is 13.6. The van der Waals surface area contributed by atoms with Crippen LogP contribution in [0.15, 0.2) is 84.9 Å². The van der Waals surface area contributed by atoms with Crippen molar-refractivity contribution in [2.45, 2.75) is 165 Å². The molecule has 4 aromatic rings. The summed E-state index contributed by atoms with van der Waals surface area (Å²) >= 11 is 0. The van der Waals surface area contributed by atoms with Gasteiger partial charge in [-0.15, -0.1) is 0 Å². The largest absolute Gasteiger partial charge is 0.363 e. The fourth-order valence-electron chi connectivity index (χ4n) is 10.7. The molecule has 0 saturated heterocycles. The van der Waals surface area contributed by atoms with Gasteiger partial charge in [0.15, 0.2) is 0 Å². The first-order valence-electron chi connectivity index (χ1n) is 22.1. The van der Waals surface area contributed by atoms with Gasteiger partial charge in [0.05, 0.1) is 11.4 Å². The number of benzene rings is 4. The molecule has 0 radical (unpaired) electrons. The molecule has 4 saturated carbocycles. The SMILES string of the molecule is Cc1ccc(-c2ccccc2)c(NP(C2CCCCC2)C2CCCCC2)c1-c1c(C)ccc(-c2ccccc2)c1NP(C1CCCCC1)C1CCCCC1. The van der Waals surface area contributed by atoms with Crippen molar-refractivity contribution in [2.24, 2.45) is 0 Å². The number of rotatable bonds is 11. The highest BCUT2D eigenvalue weighted by Crippen LogP contribution is 2.61. The minimum atomic E-state index is -0.373. The summed E-state index contributed by atoms with van der Waals surface area (Å²) in [7, 11) is -0.746. The average Bonchev–Trinajstić information content (AvgIpc) is 3.24. The third-order valence-corrected chi connectivity index (χ3v) is 19.8. The molecule has 0 atom stereocenters. The zero-order valence-electron chi connectivity index (χ0n) is 33.4. The zero-order valence-corrected chi connectivity index (χ0v) is 35.2. The highest BCUT2D eigenvalue weighted by atomic mass is 31.1. The highest BCUT2D eigenvalue weighted by molar-refractivity contribution is 7.61. The van der Waals surface area contributed by atoms with Crippen molar-refractivity contribution < 1.29 is 0 Å². The Balaban J connectivity index is 1.34. The van der Waals surface area contributed by atoms with Crippen molar-refractivity contribution in [3.05, 3.63) is 96.1 Å². The second-order valence-corrected chi connectivity index (χ2v) is 22.3. The molecular formula is C50H66N2P2. The predicted molar refractivity (Wildman–Crippen MR) is 241 cm³/mol. The summed E-state index contributed by atoms with van der Waals surface area (Å²) in [5.74, 6) is 0. The van der Waals surface area contributed by atoms with Crippen LogP contribution in [0.5, 0.6) is 0 Å². The Morgan fingerprint density at radius 1 is 0.370 bits per heavy atom. The smallest absolute Gasteiger partial charge is 0.0535 e. The molecule has 4 heteroatoms. The Morgan fingerprint density at radius 3 is 0.963 bits per heavy atom. The van der Waals surface area contributed by atoms with Gasteiger partial charge in [-0.3, -0.25) is 0 Å². The van der Waals surface area contributed by atoms with Gasteiger partial charge in [0.25, 0.3) is 0 Å². The Kier molecular flexibility index (Phi) is 13.1. The first-order valence-corrected chi connectivity index (χ1v) is 25.1. The average molecular weight is 757 g/mol. The number of aryl methyl sites for hydroxylation is 2. The van der Waals surface area contributed by atoms with Crippen LogP contribution in [-0.2, 0) is 0 Å². The zero-order chi connectivity index (χ0) is 36.7. The van der Waals surface area contributed by atoms with E-state index in [0.717, 1.165) is 22.6 Å². The van der Waals surface area contributed by atoms with Crippen molar-refractivity contribution >= 4 is 27.5 Å². The van der Waals surface area contributed by atoms with Crippen LogP contribution in [0.3, 0.4) is 0 Å². The van der Waals surface area contributed by atoms with Gasteiger partial charge in [-0.25, -0.2) is 0 Å². The van der Waals surface area contributed by atoms with E-state index in [1.54, 1.807) is 0 Å². The lowest BCUT2D eigenvalue weighted by Gasteiger charge is -2.41. The summed E-state index contributed by atoms with van der Waals surface area (Å²) in [4.78, 5) is 0. The second kappa shape index (κ2) is 18.5. The molecule has 2 nitrogen and oxygen atoms in total. The summed E-state index contributed by atoms with van der Waals surface area (Å²) in [6, 6.07) is 32.5. The van der Waals surface area contributed by atoms with Crippen molar-refractivity contribution in [3.63, 3.8) is 0 Å². The maximum absolute atomic E-state index is 4.63. The minimum Gasteiger partial charge on any atom is -0.363 e. The van der Waals surface area contributed by atoms with E-state index < -0.39 is 0 Å². The molecule has 286 valence electrons. The molecule has 54 heavy (non-hydrogen) atoms. The van der Waals surface area contributed by atoms with Crippen molar-refractivity contribution in [2.75, 3.05) is 10.2 Å². The Bertz CT molecular complexity index is 1610. The first kappa shape index (κ1) is 38.2. The van der Waals surface area contributed by atoms with Crippen molar-refractivity contribution in [1.82, 2.24) is 0 Å². The molecule has 0 heterocycles. The molecule has 4 aromatic carbocycles. The summed E-state index contributed by atoms with van der Waals surface area (Å²) in [5, 5.41) is 9.26. The van der Waals surface area contributed by atoms with Crippen LogP contribution < -0.4 is 10.2 Å². The molecule has 4 aliphatic carbocycles. The molecule has 0 unspecified atom stereocenters. The normalized spacial score (nSPS) is 19.7. The molecule has 0 bridgehead atoms. The van der Waals surface area contributed by atoms with Crippen molar-refractivity contribution in [3.8, 4) is 33.4 Å². The molecule has 0 spiro atoms. The number of hydrogen-bond donors (Lipinski definition) is 2. The van der Waals surface area contributed by atoms with Crippen LogP contribution in [0.4, 0.5) is 11.4 Å². The predicted octanol–water partition coefficient (Wildman–Crippen LogP) is 16.3. The molecule has 0 aromatic heterocycles. The second-order valence-electron chi connectivity index (χ2n) is 17.3. The van der Waals surface area contributed by atoms with Crippen LogP contribution in [0, 0.1) is 13.8 Å². The van der Waals surface area contributed by atoms with E-state index in [-0.39, 0.29) is 16.1 Å². The van der Waals surface area contributed by atoms with E-state index in [1.807, 2.05) is 0 Å². The monoisotopic (exact) mass is 756 g/mol. The molecule has 4 fully saturated rings. The Labute approximate surface area is 330 Å². The highest BCUT2D eigenvalue weighted by Gasteiger charge is 2.36. The standard InChI is InChI=1S/C50H66N2P2/c1-37-33-35-45(39-21-9-3-10-22-39)49(51-53(41-25-13-5-14-26-41)42-27-15-6-16-28-42)47(37)48-38(2)34-36-46(40-23-11-4-12-24-40)50(48)52-54(43-29-17-7-18-30-43)44-31-19-8-20-32-44/h3-4,9-12,21-24,33-36,41-44,51-52H,5-8,13-20,25-32H2,1-2H3. The molecule has 2 N–H and O–H groups in total. The summed E-state index contributed by atoms with van der Waals surface area (Å²) in [5.41, 5.74) is 17.2. The van der Waals surface area contributed by atoms with Gasteiger partial charge < -0.3 is 10.2 Å². The minimum absolute atomic E-state index is 0.373. The molecule has 4 aliphatic rings. The molecule has 0 amide bonds. The lowest BCUT2D eigenvalue weighted by molar-refractivity contribution is 0.485. The number of hydrogen-bond acceptors (Lipinski definition) is 2. The topological polar surface area (TPSA) is 24.1 Å². The number of anilines is 2. The van der Waals surface area contributed by atoms with E-state index >= 15 is 0 Å². The van der Waals surface area contributed by atoms with E-state index in [1.165, 1.54) is 184 Å². The van der Waals surface area contributed by atoms with Gasteiger partial charge in [-0.1, -0.05) is 162 Å². The first-order chi connectivity index (χ1) is 26.7. The van der Waals surface area contributed by atoms with E-state index in [0.29, 0.717) is 0 Å². The van der Waals surface area contributed by atoms with Crippen LogP contribution in [0.25, 0.3) is 33.4 Å². The lowest BCUT2D eigenvalue weighted by Crippen LogP contribution is -2.25. The fourth-order valence-corrected chi connectivity index (χ4v) is 17.3. The van der Waals surface area contributed by atoms with Gasteiger partial charge >= 0.3 is 0 Å². The van der Waals surface area contributed by atoms with Crippen molar-refractivity contribution in [1.29, 1.82) is 0 Å². The van der Waals surface area contributed by atoms with Crippen LogP contribution in [0.1, 0.15) is 140 Å². The van der Waals surface area contributed by atoms with Gasteiger partial charge in [0.1, 0.15) is 0 Å². The molecule has 0 aliphatic heterocycles. The number of nitrogens with one attached hydrogen (secondary N) is 2. The van der Waals surface area contributed by atoms with Gasteiger partial charge in [0.2, 0.25) is 0 Å². The van der Waals surface area contributed by atoms with Gasteiger partial charge in [-0.2, -0.15) is 0 Å². The lowest BCUT2D eigenvalue weighted by atomic mass is 9.87. The Hall–Kier alpha value is -2.66. The van der Waals surface area contributed by atoms with Crippen LogP contribution >= 0.6 is 16.1 Å². The maximum atomic E-state index is 4.63. The summed E-state index contributed by atoms with van der Waals surface area (Å²) < 4.78 is 0. The van der Waals surface area contributed by atoms with Crippen LogP contribution in [-0.4, -0.2) is 22.6 Å². The Morgan fingerprint density at radius 2 is 0.667 bits per heavy atom.